The third-order valence-corrected chi connectivity index (χ3v) is 4.57. The number of nitrogens with one attached hydrogen (secondary N) is 1. The Morgan fingerprint density at radius 2 is 1.80 bits per heavy atom. The molecule has 0 amide bonds. The first-order valence-electron chi connectivity index (χ1n) is 5.23. The van der Waals surface area contributed by atoms with Crippen molar-refractivity contribution in [1.29, 1.82) is 0 Å². The molecule has 1 N–H and O–H groups in total. The number of hydrogen-bond donors (Lipinski definition) is 1. The number of anilines is 1. The van der Waals surface area contributed by atoms with Crippen LogP contribution in [0.25, 0.3) is 0 Å². The van der Waals surface area contributed by atoms with E-state index < -0.39 is 32.2 Å². The summed E-state index contributed by atoms with van der Waals surface area (Å²) in [4.78, 5) is -0.597. The van der Waals surface area contributed by atoms with Crippen LogP contribution in [0.15, 0.2) is 45.8 Å². The van der Waals surface area contributed by atoms with Gasteiger partial charge in [0.2, 0.25) is 0 Å². The predicted molar refractivity (Wildman–Crippen MR) is 76.3 cm³/mol. The fourth-order valence-electron chi connectivity index (χ4n) is 1.48. The molecule has 3 nitrogen and oxygen atoms in total. The van der Waals surface area contributed by atoms with Gasteiger partial charge in [-0.05, 0) is 30.3 Å². The van der Waals surface area contributed by atoms with Gasteiger partial charge in [0.25, 0.3) is 10.0 Å². The van der Waals surface area contributed by atoms with E-state index in [1.54, 1.807) is 0 Å². The van der Waals surface area contributed by atoms with Crippen molar-refractivity contribution < 1.29 is 17.2 Å². The first-order chi connectivity index (χ1) is 9.31. The zero-order valence-electron chi connectivity index (χ0n) is 9.70. The van der Waals surface area contributed by atoms with Crippen LogP contribution in [0.3, 0.4) is 0 Å². The number of rotatable bonds is 3. The van der Waals surface area contributed by atoms with Gasteiger partial charge in [0.15, 0.2) is 0 Å². The standard InChI is InChI=1S/C12H7BrClF2NO2S/c13-7-4-5-11(10(16)6-7)20(18,19)17-12-8(14)2-1-3-9(12)15/h1-6,17H. The Bertz CT molecular complexity index is 748. The normalized spacial score (nSPS) is 11.4. The molecule has 0 fully saturated rings. The zero-order valence-corrected chi connectivity index (χ0v) is 12.9. The second kappa shape index (κ2) is 5.67. The molecule has 0 bridgehead atoms. The fourth-order valence-corrected chi connectivity index (χ4v) is 3.23. The number of para-hydroxylation sites is 1. The van der Waals surface area contributed by atoms with E-state index in [4.69, 9.17) is 11.6 Å². The highest BCUT2D eigenvalue weighted by Gasteiger charge is 2.22. The molecule has 0 unspecified atom stereocenters. The lowest BCUT2D eigenvalue weighted by atomic mass is 10.3. The lowest BCUT2D eigenvalue weighted by Crippen LogP contribution is -2.15. The van der Waals surface area contributed by atoms with E-state index in [0.717, 1.165) is 18.2 Å². The molecular weight excluding hydrogens is 376 g/mol. The molecule has 0 spiro atoms. The monoisotopic (exact) mass is 381 g/mol. The Hall–Kier alpha value is -1.18. The number of hydrogen-bond acceptors (Lipinski definition) is 2. The highest BCUT2D eigenvalue weighted by molar-refractivity contribution is 9.10. The topological polar surface area (TPSA) is 46.2 Å². The molecule has 2 aromatic rings. The first-order valence-corrected chi connectivity index (χ1v) is 7.88. The minimum Gasteiger partial charge on any atom is -0.275 e. The van der Waals surface area contributed by atoms with E-state index >= 15 is 0 Å². The third kappa shape index (κ3) is 3.11. The van der Waals surface area contributed by atoms with Crippen LogP contribution in [-0.2, 0) is 10.0 Å². The summed E-state index contributed by atoms with van der Waals surface area (Å²) in [6, 6.07) is 7.12. The van der Waals surface area contributed by atoms with Gasteiger partial charge >= 0.3 is 0 Å². The maximum Gasteiger partial charge on any atom is 0.264 e. The lowest BCUT2D eigenvalue weighted by Gasteiger charge is -2.11. The van der Waals surface area contributed by atoms with Crippen LogP contribution in [0.1, 0.15) is 0 Å². The molecule has 0 heterocycles. The molecule has 2 aromatic carbocycles. The Balaban J connectivity index is 2.46. The summed E-state index contributed by atoms with van der Waals surface area (Å²) in [5.74, 6) is -1.81. The van der Waals surface area contributed by atoms with Crippen molar-refractivity contribution in [3.05, 3.63) is 57.5 Å². The molecule has 8 heteroatoms. The quantitative estimate of drug-likeness (QED) is 0.865. The largest absolute Gasteiger partial charge is 0.275 e. The molecule has 0 atom stereocenters. The maximum atomic E-state index is 13.7. The summed E-state index contributed by atoms with van der Waals surface area (Å²) < 4.78 is 53.6. The van der Waals surface area contributed by atoms with Gasteiger partial charge < -0.3 is 0 Å². The molecule has 0 aliphatic heterocycles. The molecule has 0 aliphatic carbocycles. The highest BCUT2D eigenvalue weighted by atomic mass is 79.9. The molecule has 0 aromatic heterocycles. The van der Waals surface area contributed by atoms with E-state index in [2.05, 4.69) is 15.9 Å². The Labute approximate surface area is 127 Å². The Morgan fingerprint density at radius 1 is 1.10 bits per heavy atom. The number of sulfonamides is 1. The van der Waals surface area contributed by atoms with Crippen molar-refractivity contribution in [2.75, 3.05) is 4.72 Å². The van der Waals surface area contributed by atoms with Gasteiger partial charge in [-0.2, -0.15) is 0 Å². The lowest BCUT2D eigenvalue weighted by molar-refractivity contribution is 0.569. The fraction of sp³-hybridized carbons (Fsp3) is 0. The van der Waals surface area contributed by atoms with E-state index in [-0.39, 0.29) is 5.02 Å². The van der Waals surface area contributed by atoms with Crippen molar-refractivity contribution in [3.8, 4) is 0 Å². The smallest absolute Gasteiger partial charge is 0.264 e. The van der Waals surface area contributed by atoms with Crippen LogP contribution in [0, 0.1) is 11.6 Å². The second-order valence-corrected chi connectivity index (χ2v) is 6.75. The summed E-state index contributed by atoms with van der Waals surface area (Å²) in [5, 5.41) is -0.119. The van der Waals surface area contributed by atoms with Gasteiger partial charge in [0, 0.05) is 4.47 Å². The van der Waals surface area contributed by atoms with E-state index in [9.17, 15) is 17.2 Å². The summed E-state index contributed by atoms with van der Waals surface area (Å²) in [5.41, 5.74) is -0.420. The molecule has 0 saturated carbocycles. The first kappa shape index (κ1) is 15.2. The van der Waals surface area contributed by atoms with Gasteiger partial charge in [0.05, 0.1) is 5.02 Å². The predicted octanol–water partition coefficient (Wildman–Crippen LogP) is 4.18. The molecule has 106 valence electrons. The van der Waals surface area contributed by atoms with Crippen molar-refractivity contribution in [3.63, 3.8) is 0 Å². The molecule has 20 heavy (non-hydrogen) atoms. The van der Waals surface area contributed by atoms with Crippen LogP contribution in [-0.4, -0.2) is 8.42 Å². The third-order valence-electron chi connectivity index (χ3n) is 2.38. The second-order valence-electron chi connectivity index (χ2n) is 3.78. The van der Waals surface area contributed by atoms with E-state index in [1.165, 1.54) is 18.2 Å². The molecule has 0 saturated heterocycles. The van der Waals surface area contributed by atoms with Gasteiger partial charge in [-0.1, -0.05) is 33.6 Å². The van der Waals surface area contributed by atoms with Crippen molar-refractivity contribution in [1.82, 2.24) is 0 Å². The summed E-state index contributed by atoms with van der Waals surface area (Å²) in [7, 11) is -4.28. The molecular formula is C12H7BrClF2NO2S. The van der Waals surface area contributed by atoms with Crippen LogP contribution in [0.5, 0.6) is 0 Å². The van der Waals surface area contributed by atoms with E-state index in [0.29, 0.717) is 4.47 Å². The van der Waals surface area contributed by atoms with Crippen molar-refractivity contribution >= 4 is 43.2 Å². The summed E-state index contributed by atoms with van der Waals surface area (Å²) in [6.07, 6.45) is 0. The Kier molecular flexibility index (Phi) is 4.31. The Morgan fingerprint density at radius 3 is 2.40 bits per heavy atom. The zero-order chi connectivity index (χ0) is 14.9. The average molecular weight is 383 g/mol. The molecule has 0 aliphatic rings. The number of benzene rings is 2. The van der Waals surface area contributed by atoms with Gasteiger partial charge in [-0.25, -0.2) is 17.2 Å². The van der Waals surface area contributed by atoms with Crippen LogP contribution >= 0.6 is 27.5 Å². The summed E-state index contributed by atoms with van der Waals surface area (Å²) in [6.45, 7) is 0. The van der Waals surface area contributed by atoms with Gasteiger partial charge in [0.1, 0.15) is 22.2 Å². The average Bonchev–Trinajstić information content (AvgIpc) is 2.33. The molecule has 0 radical (unpaired) electrons. The van der Waals surface area contributed by atoms with Crippen LogP contribution in [0.2, 0.25) is 5.02 Å². The van der Waals surface area contributed by atoms with E-state index in [1.807, 2.05) is 4.72 Å². The van der Waals surface area contributed by atoms with Gasteiger partial charge in [-0.15, -0.1) is 0 Å². The summed E-state index contributed by atoms with van der Waals surface area (Å²) >= 11 is 8.74. The highest BCUT2D eigenvalue weighted by Crippen LogP contribution is 2.28. The number of halogens is 4. The maximum absolute atomic E-state index is 13.7. The van der Waals surface area contributed by atoms with Crippen molar-refractivity contribution in [2.24, 2.45) is 0 Å². The minimum absolute atomic E-state index is 0.119. The van der Waals surface area contributed by atoms with Crippen LogP contribution in [0.4, 0.5) is 14.5 Å². The SMILES string of the molecule is O=S(=O)(Nc1c(F)cccc1Cl)c1ccc(Br)cc1F. The minimum atomic E-state index is -4.28. The van der Waals surface area contributed by atoms with Crippen LogP contribution < -0.4 is 4.72 Å². The van der Waals surface area contributed by atoms with Gasteiger partial charge in [-0.3, -0.25) is 4.72 Å². The molecule has 2 rings (SSSR count). The van der Waals surface area contributed by atoms with Crippen molar-refractivity contribution in [2.45, 2.75) is 4.90 Å².